The van der Waals surface area contributed by atoms with Gasteiger partial charge in [-0.25, -0.2) is 4.79 Å². The van der Waals surface area contributed by atoms with E-state index in [9.17, 15) is 19.2 Å². The second-order valence-corrected chi connectivity index (χ2v) is 7.98. The molecule has 1 N–H and O–H groups in total. The van der Waals surface area contributed by atoms with Crippen molar-refractivity contribution in [3.8, 4) is 5.75 Å². The van der Waals surface area contributed by atoms with Crippen LogP contribution in [0.3, 0.4) is 0 Å². The molecule has 2 aliphatic heterocycles. The number of hydrogen-bond acceptors (Lipinski definition) is 6. The summed E-state index contributed by atoms with van der Waals surface area (Å²) >= 11 is 0. The van der Waals surface area contributed by atoms with Gasteiger partial charge in [0.25, 0.3) is 5.91 Å². The van der Waals surface area contributed by atoms with Crippen LogP contribution in [0, 0.1) is 0 Å². The molecule has 1 fully saturated rings. The SMILES string of the molecule is C[C@H](Oc1cccc2c1CN([C@@H]1CCC(=O)NC1=O)C2=O)C(=O)OC(C)(C)C. The molecule has 0 aromatic heterocycles. The van der Waals surface area contributed by atoms with Crippen LogP contribution in [-0.2, 0) is 25.7 Å². The maximum Gasteiger partial charge on any atom is 0.347 e. The van der Waals surface area contributed by atoms with Gasteiger partial charge in [-0.1, -0.05) is 6.07 Å². The molecule has 2 atom stereocenters. The minimum atomic E-state index is -0.856. The molecule has 2 aliphatic rings. The first-order valence-electron chi connectivity index (χ1n) is 9.23. The van der Waals surface area contributed by atoms with E-state index in [0.29, 0.717) is 16.9 Å². The van der Waals surface area contributed by atoms with Crippen LogP contribution in [0.5, 0.6) is 5.75 Å². The summed E-state index contributed by atoms with van der Waals surface area (Å²) in [6.45, 7) is 7.08. The fourth-order valence-electron chi connectivity index (χ4n) is 3.29. The Bertz CT molecular complexity index is 842. The third kappa shape index (κ3) is 4.00. The Morgan fingerprint density at radius 1 is 1.25 bits per heavy atom. The minimum Gasteiger partial charge on any atom is -0.479 e. The van der Waals surface area contributed by atoms with Crippen LogP contribution in [0.1, 0.15) is 56.5 Å². The van der Waals surface area contributed by atoms with Gasteiger partial charge in [0.2, 0.25) is 11.8 Å². The van der Waals surface area contributed by atoms with Crippen molar-refractivity contribution < 1.29 is 28.7 Å². The third-order valence-corrected chi connectivity index (χ3v) is 4.58. The van der Waals surface area contributed by atoms with Gasteiger partial charge in [0.05, 0.1) is 6.54 Å². The quantitative estimate of drug-likeness (QED) is 0.620. The van der Waals surface area contributed by atoms with E-state index in [1.54, 1.807) is 45.9 Å². The van der Waals surface area contributed by atoms with Gasteiger partial charge in [-0.15, -0.1) is 0 Å². The highest BCUT2D eigenvalue weighted by Gasteiger charge is 2.40. The van der Waals surface area contributed by atoms with Crippen LogP contribution < -0.4 is 10.1 Å². The van der Waals surface area contributed by atoms with Gasteiger partial charge in [0.1, 0.15) is 17.4 Å². The van der Waals surface area contributed by atoms with Gasteiger partial charge in [-0.05, 0) is 46.2 Å². The smallest absolute Gasteiger partial charge is 0.347 e. The molecular formula is C20H24N2O6. The minimum absolute atomic E-state index is 0.178. The summed E-state index contributed by atoms with van der Waals surface area (Å²) in [5.41, 5.74) is 0.414. The number of imide groups is 1. The van der Waals surface area contributed by atoms with E-state index in [-0.39, 0.29) is 31.2 Å². The lowest BCUT2D eigenvalue weighted by Crippen LogP contribution is -2.52. The number of carbonyl (C=O) groups excluding carboxylic acids is 4. The monoisotopic (exact) mass is 388 g/mol. The Morgan fingerprint density at radius 3 is 2.61 bits per heavy atom. The summed E-state index contributed by atoms with van der Waals surface area (Å²) in [5.74, 6) is -1.20. The summed E-state index contributed by atoms with van der Waals surface area (Å²) in [7, 11) is 0. The number of hydrogen-bond donors (Lipinski definition) is 1. The van der Waals surface area contributed by atoms with Crippen LogP contribution in [0.2, 0.25) is 0 Å². The number of nitrogens with one attached hydrogen (secondary N) is 1. The van der Waals surface area contributed by atoms with Crippen LogP contribution in [0.4, 0.5) is 0 Å². The second-order valence-electron chi connectivity index (χ2n) is 7.98. The number of benzene rings is 1. The Kier molecular flexibility index (Phi) is 5.14. The third-order valence-electron chi connectivity index (χ3n) is 4.58. The molecule has 3 rings (SSSR count). The van der Waals surface area contributed by atoms with Crippen LogP contribution in [-0.4, -0.2) is 46.3 Å². The molecule has 1 aromatic rings. The van der Waals surface area contributed by atoms with Crippen molar-refractivity contribution in [2.45, 2.75) is 64.8 Å². The zero-order chi connectivity index (χ0) is 20.6. The topological polar surface area (TPSA) is 102 Å². The van der Waals surface area contributed by atoms with Crippen LogP contribution in [0.15, 0.2) is 18.2 Å². The van der Waals surface area contributed by atoms with Crippen molar-refractivity contribution in [2.75, 3.05) is 0 Å². The van der Waals surface area contributed by atoms with Crippen molar-refractivity contribution in [1.82, 2.24) is 10.2 Å². The lowest BCUT2D eigenvalue weighted by Gasteiger charge is -2.29. The van der Waals surface area contributed by atoms with Crippen molar-refractivity contribution in [1.29, 1.82) is 0 Å². The van der Waals surface area contributed by atoms with Crippen molar-refractivity contribution >= 4 is 23.7 Å². The van der Waals surface area contributed by atoms with E-state index >= 15 is 0 Å². The van der Waals surface area contributed by atoms with Gasteiger partial charge in [-0.3, -0.25) is 19.7 Å². The summed E-state index contributed by atoms with van der Waals surface area (Å²) in [6, 6.07) is 4.31. The summed E-state index contributed by atoms with van der Waals surface area (Å²) < 4.78 is 11.1. The molecule has 0 bridgehead atoms. The summed E-state index contributed by atoms with van der Waals surface area (Å²) in [5, 5.41) is 2.27. The molecule has 8 nitrogen and oxygen atoms in total. The molecule has 0 aliphatic carbocycles. The maximum absolute atomic E-state index is 12.8. The number of amides is 3. The second kappa shape index (κ2) is 7.26. The lowest BCUT2D eigenvalue weighted by atomic mass is 10.0. The van der Waals surface area contributed by atoms with E-state index in [2.05, 4.69) is 5.32 Å². The highest BCUT2D eigenvalue weighted by atomic mass is 16.6. The average molecular weight is 388 g/mol. The van der Waals surface area contributed by atoms with Gasteiger partial charge in [-0.2, -0.15) is 0 Å². The largest absolute Gasteiger partial charge is 0.479 e. The van der Waals surface area contributed by atoms with Crippen LogP contribution in [0.25, 0.3) is 0 Å². The predicted molar refractivity (Wildman–Crippen MR) is 98.4 cm³/mol. The zero-order valence-corrected chi connectivity index (χ0v) is 16.4. The number of nitrogens with zero attached hydrogens (tertiary/aromatic N) is 1. The van der Waals surface area contributed by atoms with E-state index in [0.717, 1.165) is 0 Å². The average Bonchev–Trinajstić information content (AvgIpc) is 2.91. The molecule has 1 aromatic carbocycles. The molecule has 1 saturated heterocycles. The Morgan fingerprint density at radius 2 is 1.96 bits per heavy atom. The Labute approximate surface area is 163 Å². The number of esters is 1. The van der Waals surface area contributed by atoms with E-state index in [1.165, 1.54) is 4.90 Å². The lowest BCUT2D eigenvalue weighted by molar-refractivity contribution is -0.162. The maximum atomic E-state index is 12.8. The molecule has 8 heteroatoms. The van der Waals surface area contributed by atoms with Crippen molar-refractivity contribution in [3.05, 3.63) is 29.3 Å². The number of fused-ring (bicyclic) bond motifs is 1. The van der Waals surface area contributed by atoms with E-state index in [1.807, 2.05) is 0 Å². The first-order chi connectivity index (χ1) is 13.1. The molecule has 150 valence electrons. The number of carbonyl (C=O) groups is 4. The molecule has 0 spiro atoms. The number of rotatable bonds is 4. The number of ether oxygens (including phenoxy) is 2. The van der Waals surface area contributed by atoms with Crippen LogP contribution >= 0.6 is 0 Å². The van der Waals surface area contributed by atoms with Crippen molar-refractivity contribution in [2.24, 2.45) is 0 Å². The predicted octanol–water partition coefficient (Wildman–Crippen LogP) is 1.56. The van der Waals surface area contributed by atoms with Gasteiger partial charge in [0, 0.05) is 17.5 Å². The molecule has 0 saturated carbocycles. The first-order valence-corrected chi connectivity index (χ1v) is 9.23. The molecule has 2 heterocycles. The number of piperidine rings is 1. The fourth-order valence-corrected chi connectivity index (χ4v) is 3.29. The molecule has 28 heavy (non-hydrogen) atoms. The summed E-state index contributed by atoms with van der Waals surface area (Å²) in [6.07, 6.45) is -0.379. The standard InChI is InChI=1S/C20H24N2O6/c1-11(19(26)28-20(2,3)4)27-15-7-5-6-12-13(15)10-22(18(12)25)14-8-9-16(23)21-17(14)24/h5-7,11,14H,8-10H2,1-4H3,(H,21,23,24)/t11-,14+/m0/s1. The highest BCUT2D eigenvalue weighted by Crippen LogP contribution is 2.34. The molecule has 0 unspecified atom stereocenters. The molecule has 0 radical (unpaired) electrons. The van der Waals surface area contributed by atoms with Crippen molar-refractivity contribution in [3.63, 3.8) is 0 Å². The fraction of sp³-hybridized carbons (Fsp3) is 0.500. The van der Waals surface area contributed by atoms with Gasteiger partial charge < -0.3 is 14.4 Å². The Hall–Kier alpha value is -2.90. The first kappa shape index (κ1) is 19.9. The highest BCUT2D eigenvalue weighted by molar-refractivity contribution is 6.05. The normalized spacial score (nSPS) is 20.5. The molecule has 3 amide bonds. The van der Waals surface area contributed by atoms with Gasteiger partial charge >= 0.3 is 5.97 Å². The Balaban J connectivity index is 1.78. The zero-order valence-electron chi connectivity index (χ0n) is 16.4. The van der Waals surface area contributed by atoms with Gasteiger partial charge in [0.15, 0.2) is 6.10 Å². The molecular weight excluding hydrogens is 364 g/mol. The van der Waals surface area contributed by atoms with E-state index in [4.69, 9.17) is 9.47 Å². The van der Waals surface area contributed by atoms with E-state index < -0.39 is 29.6 Å². The summed E-state index contributed by atoms with van der Waals surface area (Å²) in [4.78, 5) is 50.0.